The fraction of sp³-hybridized carbons (Fsp3) is 0.500. The molecule has 2 aromatic rings. The molecule has 6 rings (SSSR count). The second-order valence-electron chi connectivity index (χ2n) is 11.3. The van der Waals surface area contributed by atoms with Crippen molar-refractivity contribution in [3.63, 3.8) is 0 Å². The summed E-state index contributed by atoms with van der Waals surface area (Å²) in [4.78, 5) is 15.3. The minimum Gasteiger partial charge on any atom is -0.490 e. The second kappa shape index (κ2) is 10.7. The van der Waals surface area contributed by atoms with E-state index in [0.717, 1.165) is 61.7 Å². The molecule has 6 nitrogen and oxygen atoms in total. The fourth-order valence-corrected chi connectivity index (χ4v) is 7.69. The number of aliphatic hydroxyl groups excluding tert-OH is 1. The summed E-state index contributed by atoms with van der Waals surface area (Å²) in [5.41, 5.74) is 3.67. The molecule has 0 aromatic heterocycles. The summed E-state index contributed by atoms with van der Waals surface area (Å²) in [6, 6.07) is 11.7. The van der Waals surface area contributed by atoms with Crippen LogP contribution in [0.2, 0.25) is 5.02 Å². The second-order valence-corrected chi connectivity index (χ2v) is 12.9. The van der Waals surface area contributed by atoms with E-state index in [1.807, 2.05) is 30.4 Å². The Labute approximate surface area is 231 Å². The first-order valence-electron chi connectivity index (χ1n) is 13.7. The maximum absolute atomic E-state index is 13.0. The van der Waals surface area contributed by atoms with Crippen molar-refractivity contribution in [2.24, 2.45) is 16.2 Å². The van der Waals surface area contributed by atoms with Gasteiger partial charge in [0.25, 0.3) is 5.91 Å². The Hall–Kier alpha value is -2.35. The van der Waals surface area contributed by atoms with E-state index in [-0.39, 0.29) is 11.3 Å². The molecule has 38 heavy (non-hydrogen) atoms. The molecule has 1 amide bonds. The summed E-state index contributed by atoms with van der Waals surface area (Å²) in [6.45, 7) is 2.08. The predicted molar refractivity (Wildman–Crippen MR) is 150 cm³/mol. The molecular weight excluding hydrogens is 520 g/mol. The molecule has 1 fully saturated rings. The number of nitrogens with zero attached hydrogens (tertiary/aromatic N) is 2. The number of allylic oxidation sites excluding steroid dienone is 1. The van der Waals surface area contributed by atoms with Gasteiger partial charge in [0.05, 0.1) is 18.4 Å². The molecule has 0 unspecified atom stereocenters. The van der Waals surface area contributed by atoms with E-state index in [4.69, 9.17) is 16.3 Å². The average molecular weight is 554 g/mol. The lowest BCUT2D eigenvalue weighted by Crippen LogP contribution is -2.49. The number of fused-ring (bicyclic) bond motifs is 4. The third kappa shape index (κ3) is 5.01. The number of benzene rings is 2. The molecule has 202 valence electrons. The maximum atomic E-state index is 13.0. The molecule has 4 atom stereocenters. The summed E-state index contributed by atoms with van der Waals surface area (Å²) in [6.07, 6.45) is 9.88. The van der Waals surface area contributed by atoms with Gasteiger partial charge in [-0.25, -0.2) is 0 Å². The number of aryl methyl sites for hydroxylation is 1. The monoisotopic (exact) mass is 553 g/mol. The van der Waals surface area contributed by atoms with Crippen molar-refractivity contribution in [2.75, 3.05) is 30.3 Å². The van der Waals surface area contributed by atoms with Crippen molar-refractivity contribution in [2.45, 2.75) is 56.5 Å². The molecule has 2 aromatic carbocycles. The van der Waals surface area contributed by atoms with Crippen LogP contribution in [0.5, 0.6) is 5.75 Å². The predicted octanol–water partition coefficient (Wildman–Crippen LogP) is 5.84. The quantitative estimate of drug-likeness (QED) is 0.327. The Morgan fingerprint density at radius 3 is 2.89 bits per heavy atom. The van der Waals surface area contributed by atoms with Crippen molar-refractivity contribution >= 4 is 33.8 Å². The highest BCUT2D eigenvalue weighted by molar-refractivity contribution is 7.75. The van der Waals surface area contributed by atoms with Gasteiger partial charge < -0.3 is 23.3 Å². The number of aliphatic hydroxyl groups is 1. The smallest absolute Gasteiger partial charge is 0.254 e. The molecule has 1 spiro atoms. The molecule has 0 saturated heterocycles. The molecule has 2 heterocycles. The molecule has 2 aliphatic carbocycles. The SMILES string of the molecule is O=C1N=[S-](=O)CCC/C=C\[C@H](O)[C@@H]2CC[C@H]2CN2C[C@@]3(CCCc4cc(Cl)ccc43)COc3ccc1cc32. The van der Waals surface area contributed by atoms with Crippen LogP contribution >= 0.6 is 11.6 Å². The van der Waals surface area contributed by atoms with Gasteiger partial charge in [0.15, 0.2) is 0 Å². The molecule has 1 N–H and O–H groups in total. The third-order valence-corrected chi connectivity index (χ3v) is 10.1. The lowest BCUT2D eigenvalue weighted by Gasteiger charge is -2.45. The number of hydrogen-bond donors (Lipinski definition) is 1. The molecule has 4 aliphatic rings. The zero-order chi connectivity index (χ0) is 26.3. The average Bonchev–Trinajstić information content (AvgIpc) is 3.03. The van der Waals surface area contributed by atoms with E-state index in [9.17, 15) is 14.1 Å². The van der Waals surface area contributed by atoms with E-state index in [1.165, 1.54) is 11.1 Å². The van der Waals surface area contributed by atoms with Crippen LogP contribution in [-0.2, 0) is 26.6 Å². The first kappa shape index (κ1) is 25.9. The zero-order valence-corrected chi connectivity index (χ0v) is 23.1. The Balaban J connectivity index is 1.43. The summed E-state index contributed by atoms with van der Waals surface area (Å²) in [5, 5.41) is 11.7. The number of carbonyl (C=O) groups is 1. The van der Waals surface area contributed by atoms with Crippen molar-refractivity contribution < 1.29 is 18.8 Å². The van der Waals surface area contributed by atoms with E-state index in [1.54, 1.807) is 6.07 Å². The number of rotatable bonds is 0. The minimum absolute atomic E-state index is 0.203. The number of amides is 1. The van der Waals surface area contributed by atoms with Crippen LogP contribution in [0.1, 0.15) is 60.0 Å². The fourth-order valence-electron chi connectivity index (χ4n) is 6.70. The molecule has 1 saturated carbocycles. The highest BCUT2D eigenvalue weighted by atomic mass is 35.5. The van der Waals surface area contributed by atoms with Crippen molar-refractivity contribution in [1.82, 2.24) is 0 Å². The maximum Gasteiger partial charge on any atom is 0.254 e. The lowest BCUT2D eigenvalue weighted by molar-refractivity contribution is 0.0456. The van der Waals surface area contributed by atoms with E-state index in [0.29, 0.717) is 36.7 Å². The van der Waals surface area contributed by atoms with Gasteiger partial charge in [-0.2, -0.15) is 10.6 Å². The van der Waals surface area contributed by atoms with Gasteiger partial charge in [-0.1, -0.05) is 42.0 Å². The van der Waals surface area contributed by atoms with Crippen LogP contribution in [0.3, 0.4) is 0 Å². The largest absolute Gasteiger partial charge is 0.490 e. The lowest BCUT2D eigenvalue weighted by atomic mass is 9.68. The van der Waals surface area contributed by atoms with Crippen molar-refractivity contribution in [3.05, 3.63) is 70.3 Å². The van der Waals surface area contributed by atoms with Gasteiger partial charge in [-0.05, 0) is 91.8 Å². The Morgan fingerprint density at radius 2 is 2.05 bits per heavy atom. The zero-order valence-electron chi connectivity index (χ0n) is 21.5. The number of halogens is 1. The molecule has 2 bridgehead atoms. The number of hydrogen-bond acceptors (Lipinski definition) is 6. The summed E-state index contributed by atoms with van der Waals surface area (Å²) in [7, 11) is -1.58. The van der Waals surface area contributed by atoms with Crippen LogP contribution in [0.15, 0.2) is 52.9 Å². The molecule has 8 heteroatoms. The normalized spacial score (nSPS) is 30.7. The van der Waals surface area contributed by atoms with Crippen LogP contribution in [0, 0.1) is 11.8 Å². The third-order valence-electron chi connectivity index (χ3n) is 8.86. The van der Waals surface area contributed by atoms with Crippen LogP contribution < -0.4 is 9.64 Å². The Kier molecular flexibility index (Phi) is 7.27. The Morgan fingerprint density at radius 1 is 1.16 bits per heavy atom. The van der Waals surface area contributed by atoms with Crippen LogP contribution in [-0.4, -0.2) is 42.6 Å². The Bertz CT molecular complexity index is 1350. The highest BCUT2D eigenvalue weighted by Crippen LogP contribution is 2.46. The first-order chi connectivity index (χ1) is 18.4. The van der Waals surface area contributed by atoms with Gasteiger partial charge in [0.2, 0.25) is 0 Å². The van der Waals surface area contributed by atoms with Gasteiger partial charge in [-0.15, -0.1) is 0 Å². The number of ether oxygens (including phenoxy) is 1. The van der Waals surface area contributed by atoms with Gasteiger partial charge in [0.1, 0.15) is 5.75 Å². The summed E-state index contributed by atoms with van der Waals surface area (Å²) < 4.78 is 22.9. The van der Waals surface area contributed by atoms with Gasteiger partial charge >= 0.3 is 0 Å². The summed E-state index contributed by atoms with van der Waals surface area (Å²) in [5.74, 6) is 1.16. The van der Waals surface area contributed by atoms with Crippen LogP contribution in [0.25, 0.3) is 0 Å². The standard InChI is InChI=1S/C30H34ClN2O4S/c31-23-9-11-25-20(15-23)5-4-13-30(25)18-33-17-22-7-10-24(22)27(34)6-2-1-3-14-38(36)32-29(35)21-8-12-28(37-19-30)26(33)16-21/h2,6,8-9,11-12,15-16,22,24,27,34H,1,3-5,7,10,13-14,17-19H2/q-1/b6-2-/t22-,24+,27-,30-/m0/s1. The van der Waals surface area contributed by atoms with Gasteiger partial charge in [0, 0.05) is 29.1 Å². The molecule has 2 aliphatic heterocycles. The number of anilines is 1. The van der Waals surface area contributed by atoms with Crippen LogP contribution in [0.4, 0.5) is 5.69 Å². The van der Waals surface area contributed by atoms with Crippen molar-refractivity contribution in [3.8, 4) is 5.75 Å². The summed E-state index contributed by atoms with van der Waals surface area (Å²) >= 11 is 6.37. The topological polar surface area (TPSA) is 79.2 Å². The first-order valence-corrected chi connectivity index (χ1v) is 15.4. The van der Waals surface area contributed by atoms with E-state index >= 15 is 0 Å². The van der Waals surface area contributed by atoms with E-state index in [2.05, 4.69) is 21.4 Å². The van der Waals surface area contributed by atoms with Gasteiger partial charge in [-0.3, -0.25) is 4.79 Å². The highest BCUT2D eigenvalue weighted by Gasteiger charge is 2.44. The number of carbonyl (C=O) groups excluding carboxylic acids is 1. The molecular formula is C30H34ClN2O4S-. The van der Waals surface area contributed by atoms with E-state index < -0.39 is 22.6 Å². The minimum atomic E-state index is -1.58. The van der Waals surface area contributed by atoms with Crippen molar-refractivity contribution in [1.29, 1.82) is 0 Å². The molecule has 0 radical (unpaired) electrons.